The fourth-order valence-electron chi connectivity index (χ4n) is 2.45. The predicted molar refractivity (Wildman–Crippen MR) is 103 cm³/mol. The summed E-state index contributed by atoms with van der Waals surface area (Å²) in [6.07, 6.45) is 2.56. The number of aryl methyl sites for hydroxylation is 1. The van der Waals surface area contributed by atoms with Crippen LogP contribution >= 0.6 is 0 Å². The van der Waals surface area contributed by atoms with E-state index in [1.54, 1.807) is 11.2 Å². The van der Waals surface area contributed by atoms with E-state index in [-0.39, 0.29) is 11.8 Å². The predicted octanol–water partition coefficient (Wildman–Crippen LogP) is 4.06. The monoisotopic (exact) mass is 356 g/mol. The molecule has 1 aromatic carbocycles. The zero-order valence-corrected chi connectivity index (χ0v) is 16.0. The van der Waals surface area contributed by atoms with Crippen molar-refractivity contribution in [2.75, 3.05) is 11.4 Å². The van der Waals surface area contributed by atoms with E-state index < -0.39 is 5.41 Å². The van der Waals surface area contributed by atoms with Crippen molar-refractivity contribution in [3.05, 3.63) is 54.0 Å². The number of carbonyl (C=O) groups excluding carboxylic acids is 2. The summed E-state index contributed by atoms with van der Waals surface area (Å²) in [7, 11) is 0. The van der Waals surface area contributed by atoms with Gasteiger partial charge < -0.3 is 14.6 Å². The second-order valence-electron chi connectivity index (χ2n) is 7.50. The van der Waals surface area contributed by atoms with Crippen molar-refractivity contribution in [1.29, 1.82) is 0 Å². The van der Waals surface area contributed by atoms with Gasteiger partial charge in [-0.1, -0.05) is 38.5 Å². The van der Waals surface area contributed by atoms with E-state index in [9.17, 15) is 9.59 Å². The van der Waals surface area contributed by atoms with Gasteiger partial charge in [0.05, 0.1) is 12.8 Å². The van der Waals surface area contributed by atoms with Gasteiger partial charge in [0.1, 0.15) is 5.76 Å². The lowest BCUT2D eigenvalue weighted by Gasteiger charge is -2.22. The highest BCUT2D eigenvalue weighted by Gasteiger charge is 2.21. The van der Waals surface area contributed by atoms with Crippen LogP contribution < -0.4 is 10.2 Å². The van der Waals surface area contributed by atoms with Gasteiger partial charge in [-0.05, 0) is 37.6 Å². The average molecular weight is 356 g/mol. The maximum absolute atomic E-state index is 12.8. The molecule has 1 N–H and O–H groups in total. The average Bonchev–Trinajstić information content (AvgIpc) is 3.09. The Morgan fingerprint density at radius 2 is 1.81 bits per heavy atom. The molecular formula is C21H28N2O3. The van der Waals surface area contributed by atoms with E-state index >= 15 is 0 Å². The molecule has 0 spiro atoms. The van der Waals surface area contributed by atoms with Crippen LogP contribution in [-0.2, 0) is 16.1 Å². The molecule has 2 aromatic rings. The van der Waals surface area contributed by atoms with E-state index in [2.05, 4.69) is 5.32 Å². The number of hydrogen-bond acceptors (Lipinski definition) is 3. The molecule has 0 aliphatic carbocycles. The summed E-state index contributed by atoms with van der Waals surface area (Å²) >= 11 is 0. The van der Waals surface area contributed by atoms with Gasteiger partial charge in [-0.3, -0.25) is 9.59 Å². The summed E-state index contributed by atoms with van der Waals surface area (Å²) in [4.78, 5) is 26.4. The van der Waals surface area contributed by atoms with E-state index in [1.807, 2.05) is 64.1 Å². The molecule has 1 heterocycles. The first-order chi connectivity index (χ1) is 12.3. The van der Waals surface area contributed by atoms with Crippen LogP contribution in [0.2, 0.25) is 0 Å². The quantitative estimate of drug-likeness (QED) is 0.761. The highest BCUT2D eigenvalue weighted by Crippen LogP contribution is 2.20. The van der Waals surface area contributed by atoms with Crippen LogP contribution in [0.15, 0.2) is 47.1 Å². The largest absolute Gasteiger partial charge is 0.467 e. The van der Waals surface area contributed by atoms with Crippen molar-refractivity contribution < 1.29 is 14.0 Å². The van der Waals surface area contributed by atoms with Crippen molar-refractivity contribution in [2.45, 2.75) is 47.1 Å². The van der Waals surface area contributed by atoms with E-state index in [0.717, 1.165) is 17.0 Å². The van der Waals surface area contributed by atoms with Gasteiger partial charge in [-0.15, -0.1) is 0 Å². The molecule has 5 nitrogen and oxygen atoms in total. The number of benzene rings is 1. The highest BCUT2D eigenvalue weighted by molar-refractivity contribution is 5.93. The Kier molecular flexibility index (Phi) is 6.61. The van der Waals surface area contributed by atoms with Crippen LogP contribution in [0.3, 0.4) is 0 Å². The lowest BCUT2D eigenvalue weighted by molar-refractivity contribution is -0.128. The zero-order chi connectivity index (χ0) is 19.2. The van der Waals surface area contributed by atoms with Crippen LogP contribution in [0.25, 0.3) is 0 Å². The second-order valence-corrected chi connectivity index (χ2v) is 7.50. The minimum absolute atomic E-state index is 0.00377. The number of nitrogens with one attached hydrogen (secondary N) is 1. The van der Waals surface area contributed by atoms with Gasteiger partial charge in [-0.2, -0.15) is 0 Å². The summed E-state index contributed by atoms with van der Waals surface area (Å²) in [5.41, 5.74) is 1.57. The van der Waals surface area contributed by atoms with E-state index in [0.29, 0.717) is 25.9 Å². The molecule has 0 aliphatic heterocycles. The molecule has 2 amide bonds. The van der Waals surface area contributed by atoms with Crippen molar-refractivity contribution in [1.82, 2.24) is 5.32 Å². The minimum atomic E-state index is -0.419. The molecule has 5 heteroatoms. The molecule has 0 fully saturated rings. The number of nitrogens with zero attached hydrogens (tertiary/aromatic N) is 1. The molecule has 140 valence electrons. The number of hydrogen-bond donors (Lipinski definition) is 1. The first-order valence-corrected chi connectivity index (χ1v) is 8.95. The summed E-state index contributed by atoms with van der Waals surface area (Å²) in [5.74, 6) is 0.742. The van der Waals surface area contributed by atoms with Gasteiger partial charge in [0, 0.05) is 24.1 Å². The van der Waals surface area contributed by atoms with Gasteiger partial charge >= 0.3 is 0 Å². The minimum Gasteiger partial charge on any atom is -0.467 e. The number of anilines is 1. The normalized spacial score (nSPS) is 11.2. The second kappa shape index (κ2) is 8.70. The molecular weight excluding hydrogens is 328 g/mol. The first kappa shape index (κ1) is 19.8. The van der Waals surface area contributed by atoms with Crippen LogP contribution in [0, 0.1) is 12.3 Å². The Morgan fingerprint density at radius 1 is 1.12 bits per heavy atom. The standard InChI is InChI=1S/C21H28N2O3/c1-16-9-11-17(12-10-16)23(15-18-7-6-14-26-18)19(24)8-5-13-22-20(25)21(2,3)4/h6-7,9-12,14H,5,8,13,15H2,1-4H3,(H,22,25). The third-order valence-corrected chi connectivity index (χ3v) is 4.07. The van der Waals surface area contributed by atoms with Gasteiger partial charge in [0.15, 0.2) is 0 Å². The Hall–Kier alpha value is -2.56. The fourth-order valence-corrected chi connectivity index (χ4v) is 2.45. The van der Waals surface area contributed by atoms with Crippen LogP contribution in [0.5, 0.6) is 0 Å². The Labute approximate surface area is 155 Å². The van der Waals surface area contributed by atoms with Crippen LogP contribution in [0.4, 0.5) is 5.69 Å². The summed E-state index contributed by atoms with van der Waals surface area (Å²) in [5, 5.41) is 2.88. The molecule has 26 heavy (non-hydrogen) atoms. The smallest absolute Gasteiger partial charge is 0.227 e. The lowest BCUT2D eigenvalue weighted by Crippen LogP contribution is -2.36. The van der Waals surface area contributed by atoms with Crippen LogP contribution in [-0.4, -0.2) is 18.4 Å². The number of rotatable bonds is 7. The van der Waals surface area contributed by atoms with E-state index in [4.69, 9.17) is 4.42 Å². The molecule has 0 atom stereocenters. The maximum Gasteiger partial charge on any atom is 0.227 e. The Morgan fingerprint density at radius 3 is 2.38 bits per heavy atom. The summed E-state index contributed by atoms with van der Waals surface area (Å²) in [6.45, 7) is 8.51. The van der Waals surface area contributed by atoms with Crippen molar-refractivity contribution in [3.63, 3.8) is 0 Å². The van der Waals surface area contributed by atoms with Gasteiger partial charge in [-0.25, -0.2) is 0 Å². The number of amides is 2. The van der Waals surface area contributed by atoms with Crippen molar-refractivity contribution in [2.24, 2.45) is 5.41 Å². The van der Waals surface area contributed by atoms with Crippen molar-refractivity contribution >= 4 is 17.5 Å². The Balaban J connectivity index is 1.97. The zero-order valence-electron chi connectivity index (χ0n) is 16.0. The topological polar surface area (TPSA) is 62.6 Å². The molecule has 1 aromatic heterocycles. The van der Waals surface area contributed by atoms with Gasteiger partial charge in [0.25, 0.3) is 0 Å². The molecule has 0 radical (unpaired) electrons. The molecule has 2 rings (SSSR count). The first-order valence-electron chi connectivity index (χ1n) is 8.95. The van der Waals surface area contributed by atoms with E-state index in [1.165, 1.54) is 0 Å². The SMILES string of the molecule is Cc1ccc(N(Cc2ccco2)C(=O)CCCNC(=O)C(C)(C)C)cc1. The highest BCUT2D eigenvalue weighted by atomic mass is 16.3. The summed E-state index contributed by atoms with van der Waals surface area (Å²) in [6, 6.07) is 11.5. The molecule has 0 aliphatic rings. The number of furan rings is 1. The number of carbonyl (C=O) groups is 2. The van der Waals surface area contributed by atoms with Crippen molar-refractivity contribution in [3.8, 4) is 0 Å². The van der Waals surface area contributed by atoms with Gasteiger partial charge in [0.2, 0.25) is 11.8 Å². The molecule has 0 bridgehead atoms. The molecule has 0 saturated heterocycles. The molecule has 0 unspecified atom stereocenters. The summed E-state index contributed by atoms with van der Waals surface area (Å²) < 4.78 is 5.40. The third kappa shape index (κ3) is 5.76. The van der Waals surface area contributed by atoms with Crippen LogP contribution in [0.1, 0.15) is 44.9 Å². The Bertz CT molecular complexity index is 713. The third-order valence-electron chi connectivity index (χ3n) is 4.07. The lowest BCUT2D eigenvalue weighted by atomic mass is 9.96. The molecule has 0 saturated carbocycles. The maximum atomic E-state index is 12.8. The fraction of sp³-hybridized carbons (Fsp3) is 0.429.